The van der Waals surface area contributed by atoms with Gasteiger partial charge in [0.05, 0.1) is 0 Å². The maximum Gasteiger partial charge on any atom is 0 e. The Bertz CT molecular complexity index is 112. The molecule has 2 heteroatoms. The summed E-state index contributed by atoms with van der Waals surface area (Å²) in [6.07, 6.45) is 19.2. The predicted octanol–water partition coefficient (Wildman–Crippen LogP) is 5.93. The van der Waals surface area contributed by atoms with Gasteiger partial charge in [-0.3, -0.25) is 0 Å². The summed E-state index contributed by atoms with van der Waals surface area (Å²) in [5, 5.41) is 0. The van der Waals surface area contributed by atoms with Crippen LogP contribution in [0.3, 0.4) is 0 Å². The predicted molar refractivity (Wildman–Crippen MR) is 82.6 cm³/mol. The molecule has 0 saturated carbocycles. The molecule has 0 amide bonds. The summed E-state index contributed by atoms with van der Waals surface area (Å²) in [6.45, 7) is 21.8. The first kappa shape index (κ1) is 42.8. The molecular formula is C17H34Y2-2. The SMILES string of the molecule is CC(C)(C)C.CC(C)(C)C.CCC.[C-]#C.[C-]#C.[Y].[Y]. The normalized spacial score (nSPS) is 7.47. The van der Waals surface area contributed by atoms with Gasteiger partial charge in [-0.2, -0.15) is 0 Å². The van der Waals surface area contributed by atoms with E-state index < -0.39 is 0 Å². The molecule has 0 aromatic rings. The summed E-state index contributed by atoms with van der Waals surface area (Å²) in [5.41, 5.74) is 1.00. The van der Waals surface area contributed by atoms with E-state index in [1.165, 1.54) is 6.42 Å². The molecule has 0 aliphatic rings. The Balaban J connectivity index is -0.0000000195. The minimum Gasteiger partial charge on any atom is -0.697 e. The van der Waals surface area contributed by atoms with Crippen LogP contribution in [0.15, 0.2) is 0 Å². The van der Waals surface area contributed by atoms with Crippen molar-refractivity contribution in [3.8, 4) is 12.8 Å². The molecular weight excluding hydrogens is 382 g/mol. The van der Waals surface area contributed by atoms with E-state index in [1.807, 2.05) is 0 Å². The van der Waals surface area contributed by atoms with Crippen molar-refractivity contribution in [2.75, 3.05) is 0 Å². The fourth-order valence-electron chi connectivity index (χ4n) is 0. The summed E-state index contributed by atoms with van der Waals surface area (Å²) in [5.74, 6) is 0. The number of hydrogen-bond acceptors (Lipinski definition) is 0. The standard InChI is InChI=1S/2C5H12.C3H8.2C2H.2Y/c2*1-5(2,3)4;1-3-2;2*1-2;;/h2*1-4H3;3H2,1-2H3;2*1H;;/q;;;2*-1;;. The van der Waals surface area contributed by atoms with Gasteiger partial charge in [-0.05, 0) is 10.8 Å². The van der Waals surface area contributed by atoms with Crippen LogP contribution in [0.2, 0.25) is 0 Å². The van der Waals surface area contributed by atoms with Crippen molar-refractivity contribution in [2.24, 2.45) is 10.8 Å². The van der Waals surface area contributed by atoms with Gasteiger partial charge in [0.1, 0.15) is 0 Å². The van der Waals surface area contributed by atoms with E-state index in [4.69, 9.17) is 12.8 Å². The van der Waals surface area contributed by atoms with Gasteiger partial charge >= 0.3 is 0 Å². The molecule has 0 saturated heterocycles. The molecule has 0 aliphatic heterocycles. The van der Waals surface area contributed by atoms with Crippen LogP contribution in [0.1, 0.15) is 75.7 Å². The van der Waals surface area contributed by atoms with Crippen molar-refractivity contribution < 1.29 is 65.4 Å². The van der Waals surface area contributed by atoms with E-state index in [-0.39, 0.29) is 65.4 Å². The number of rotatable bonds is 0. The van der Waals surface area contributed by atoms with Gasteiger partial charge in [0.15, 0.2) is 0 Å². The first-order chi connectivity index (χ1) is 7.41. The van der Waals surface area contributed by atoms with Gasteiger partial charge in [0, 0.05) is 65.4 Å². The van der Waals surface area contributed by atoms with Crippen molar-refractivity contribution in [2.45, 2.75) is 75.7 Å². The smallest absolute Gasteiger partial charge is 0 e. The zero-order chi connectivity index (χ0) is 15.7. The van der Waals surface area contributed by atoms with E-state index in [0.29, 0.717) is 10.8 Å². The van der Waals surface area contributed by atoms with Crippen LogP contribution in [0.25, 0.3) is 0 Å². The largest absolute Gasteiger partial charge is 0.697 e. The zero-order valence-corrected chi connectivity index (χ0v) is 20.7. The molecule has 110 valence electrons. The van der Waals surface area contributed by atoms with Crippen LogP contribution >= 0.6 is 0 Å². The summed E-state index contributed by atoms with van der Waals surface area (Å²) < 4.78 is 0. The monoisotopic (exact) mass is 416 g/mol. The topological polar surface area (TPSA) is 0 Å². The van der Waals surface area contributed by atoms with Gasteiger partial charge in [-0.1, -0.05) is 75.7 Å². The summed E-state index contributed by atoms with van der Waals surface area (Å²) >= 11 is 0. The van der Waals surface area contributed by atoms with Crippen LogP contribution in [0, 0.1) is 36.5 Å². The average Bonchev–Trinajstić information content (AvgIpc) is 2.06. The second kappa shape index (κ2) is 31.6. The Morgan fingerprint density at radius 1 is 0.579 bits per heavy atom. The Labute approximate surface area is 175 Å². The number of hydrogen-bond donors (Lipinski definition) is 0. The fraction of sp³-hybridized carbons (Fsp3) is 0.765. The minimum atomic E-state index is 0. The van der Waals surface area contributed by atoms with Crippen LogP contribution in [0.5, 0.6) is 0 Å². The van der Waals surface area contributed by atoms with Crippen LogP contribution in [0.4, 0.5) is 0 Å². The van der Waals surface area contributed by atoms with E-state index in [0.717, 1.165) is 0 Å². The second-order valence-corrected chi connectivity index (χ2v) is 6.71. The fourth-order valence-corrected chi connectivity index (χ4v) is 0. The first-order valence-electron chi connectivity index (χ1n) is 5.99. The maximum atomic E-state index is 5.25. The van der Waals surface area contributed by atoms with Gasteiger partial charge in [0.25, 0.3) is 0 Å². The van der Waals surface area contributed by atoms with Crippen LogP contribution in [-0.4, -0.2) is 0 Å². The molecule has 0 spiro atoms. The third-order valence-corrected chi connectivity index (χ3v) is 0. The molecule has 0 aromatic heterocycles. The Morgan fingerprint density at radius 3 is 0.579 bits per heavy atom. The maximum absolute atomic E-state index is 5.25. The van der Waals surface area contributed by atoms with E-state index >= 15 is 0 Å². The number of terminal acetylenes is 2. The molecule has 0 rings (SSSR count). The molecule has 0 atom stereocenters. The Morgan fingerprint density at radius 2 is 0.579 bits per heavy atom. The van der Waals surface area contributed by atoms with Crippen molar-refractivity contribution >= 4 is 0 Å². The first-order valence-corrected chi connectivity index (χ1v) is 5.99. The molecule has 0 unspecified atom stereocenters. The minimum absolute atomic E-state index is 0. The van der Waals surface area contributed by atoms with Crippen LogP contribution in [-0.2, 0) is 65.4 Å². The Kier molecular flexibility index (Phi) is 71.2. The molecule has 0 fully saturated rings. The van der Waals surface area contributed by atoms with E-state index in [1.54, 1.807) is 0 Å². The molecule has 0 bridgehead atoms. The average molecular weight is 416 g/mol. The summed E-state index contributed by atoms with van der Waals surface area (Å²) in [6, 6.07) is 0. The van der Waals surface area contributed by atoms with Crippen molar-refractivity contribution in [3.63, 3.8) is 0 Å². The second-order valence-electron chi connectivity index (χ2n) is 6.71. The van der Waals surface area contributed by atoms with Gasteiger partial charge in [-0.15, -0.1) is 0 Å². The quantitative estimate of drug-likeness (QED) is 0.339. The van der Waals surface area contributed by atoms with Crippen molar-refractivity contribution in [3.05, 3.63) is 12.8 Å². The molecule has 0 nitrogen and oxygen atoms in total. The van der Waals surface area contributed by atoms with Crippen LogP contribution < -0.4 is 0 Å². The van der Waals surface area contributed by atoms with E-state index in [2.05, 4.69) is 82.1 Å². The Hall–Kier alpha value is 1.33. The van der Waals surface area contributed by atoms with E-state index in [9.17, 15) is 0 Å². The summed E-state index contributed by atoms with van der Waals surface area (Å²) in [7, 11) is 0. The van der Waals surface area contributed by atoms with Gasteiger partial charge in [-0.25, -0.2) is 0 Å². The third-order valence-electron chi connectivity index (χ3n) is 0. The molecule has 19 heavy (non-hydrogen) atoms. The molecule has 0 heterocycles. The van der Waals surface area contributed by atoms with Gasteiger partial charge < -0.3 is 25.7 Å². The molecule has 0 N–H and O–H groups in total. The van der Waals surface area contributed by atoms with Gasteiger partial charge in [0.2, 0.25) is 0 Å². The third kappa shape index (κ3) is 3290. The zero-order valence-electron chi connectivity index (χ0n) is 15.0. The molecule has 0 aliphatic carbocycles. The molecule has 2 radical (unpaired) electrons. The molecule has 0 aromatic carbocycles. The summed E-state index contributed by atoms with van der Waals surface area (Å²) in [4.78, 5) is 0. The van der Waals surface area contributed by atoms with Crippen molar-refractivity contribution in [1.29, 1.82) is 0 Å². The van der Waals surface area contributed by atoms with Crippen molar-refractivity contribution in [1.82, 2.24) is 0 Å².